The Morgan fingerprint density at radius 2 is 0.930 bits per heavy atom. The van der Waals surface area contributed by atoms with Crippen molar-refractivity contribution >= 4 is 17.9 Å². The van der Waals surface area contributed by atoms with Crippen LogP contribution in [0.1, 0.15) is 213 Å². The highest BCUT2D eigenvalue weighted by Gasteiger charge is 2.47. The molecule has 1 saturated heterocycles. The van der Waals surface area contributed by atoms with Gasteiger partial charge in [-0.3, -0.25) is 9.59 Å². The summed E-state index contributed by atoms with van der Waals surface area (Å²) in [6.07, 6.45) is 29.8. The van der Waals surface area contributed by atoms with Gasteiger partial charge in [0.05, 0.1) is 6.61 Å². The lowest BCUT2D eigenvalue weighted by atomic mass is 9.99. The standard InChI is InChI=1S/C46H84O11/c1-3-5-7-9-11-13-15-17-18-19-20-21-23-25-27-29-31-33-35-40(48)56-38(37-55-46-43(51)41(49)42(50)44(57-46)45(52)53)36-54-39(47)34-32-30-28-26-24-22-16-14-12-10-8-6-4-2/h14,16,38,41-44,46,49-51H,3-13,15,17-37H2,1-2H3,(H,52,53)/b16-14-. The van der Waals surface area contributed by atoms with Crippen LogP contribution in [-0.2, 0) is 33.3 Å². The average Bonchev–Trinajstić information content (AvgIpc) is 3.19. The van der Waals surface area contributed by atoms with Crippen LogP contribution >= 0.6 is 0 Å². The molecule has 57 heavy (non-hydrogen) atoms. The number of hydrogen-bond donors (Lipinski definition) is 4. The van der Waals surface area contributed by atoms with E-state index in [2.05, 4.69) is 26.0 Å². The Bertz CT molecular complexity index is 1000. The molecule has 0 aliphatic carbocycles. The average molecular weight is 813 g/mol. The number of ether oxygens (including phenoxy) is 4. The van der Waals surface area contributed by atoms with Crippen LogP contribution in [0.15, 0.2) is 12.2 Å². The quantitative estimate of drug-likeness (QED) is 0.0265. The van der Waals surface area contributed by atoms with Crippen LogP contribution in [-0.4, -0.2) is 88.4 Å². The zero-order valence-corrected chi connectivity index (χ0v) is 36.1. The largest absolute Gasteiger partial charge is 0.479 e. The summed E-state index contributed by atoms with van der Waals surface area (Å²) in [4.78, 5) is 36.8. The van der Waals surface area contributed by atoms with Crippen LogP contribution in [0.2, 0.25) is 0 Å². The van der Waals surface area contributed by atoms with Gasteiger partial charge in [-0.25, -0.2) is 4.79 Å². The number of carboxylic acids is 1. The summed E-state index contributed by atoms with van der Waals surface area (Å²) in [5.74, 6) is -2.44. The number of carbonyl (C=O) groups is 3. The molecule has 1 aliphatic rings. The molecule has 0 aromatic rings. The van der Waals surface area contributed by atoms with E-state index in [9.17, 15) is 34.8 Å². The van der Waals surface area contributed by atoms with Crippen molar-refractivity contribution in [2.75, 3.05) is 13.2 Å². The van der Waals surface area contributed by atoms with E-state index in [1.807, 2.05) is 0 Å². The number of rotatable bonds is 39. The van der Waals surface area contributed by atoms with Crippen molar-refractivity contribution in [2.45, 2.75) is 250 Å². The Morgan fingerprint density at radius 3 is 1.39 bits per heavy atom. The Hall–Kier alpha value is -2.05. The van der Waals surface area contributed by atoms with Gasteiger partial charge in [0.2, 0.25) is 0 Å². The zero-order valence-electron chi connectivity index (χ0n) is 36.1. The van der Waals surface area contributed by atoms with Crippen molar-refractivity contribution in [3.05, 3.63) is 12.2 Å². The van der Waals surface area contributed by atoms with Crippen molar-refractivity contribution in [3.63, 3.8) is 0 Å². The summed E-state index contributed by atoms with van der Waals surface area (Å²) < 4.78 is 21.7. The summed E-state index contributed by atoms with van der Waals surface area (Å²) in [6, 6.07) is 0. The minimum atomic E-state index is -1.86. The van der Waals surface area contributed by atoms with Crippen molar-refractivity contribution in [1.82, 2.24) is 0 Å². The first-order chi connectivity index (χ1) is 27.7. The number of allylic oxidation sites excluding steroid dienone is 2. The van der Waals surface area contributed by atoms with Crippen molar-refractivity contribution in [1.29, 1.82) is 0 Å². The highest BCUT2D eigenvalue weighted by atomic mass is 16.7. The lowest BCUT2D eigenvalue weighted by Gasteiger charge is -2.38. The Morgan fingerprint density at radius 1 is 0.526 bits per heavy atom. The first-order valence-electron chi connectivity index (χ1n) is 23.2. The number of aliphatic carboxylic acids is 1. The van der Waals surface area contributed by atoms with Gasteiger partial charge < -0.3 is 39.4 Å². The molecule has 0 aromatic heterocycles. The van der Waals surface area contributed by atoms with Gasteiger partial charge in [0.15, 0.2) is 18.5 Å². The highest BCUT2D eigenvalue weighted by Crippen LogP contribution is 2.23. The third-order valence-electron chi connectivity index (χ3n) is 10.9. The topological polar surface area (TPSA) is 169 Å². The predicted octanol–water partition coefficient (Wildman–Crippen LogP) is 10.0. The van der Waals surface area contributed by atoms with E-state index in [-0.39, 0.29) is 26.1 Å². The molecule has 6 atom stereocenters. The van der Waals surface area contributed by atoms with Crippen LogP contribution in [0.4, 0.5) is 0 Å². The lowest BCUT2D eigenvalue weighted by Crippen LogP contribution is -2.60. The summed E-state index contributed by atoms with van der Waals surface area (Å²) >= 11 is 0. The fourth-order valence-electron chi connectivity index (χ4n) is 7.17. The van der Waals surface area contributed by atoms with Gasteiger partial charge in [0, 0.05) is 12.8 Å². The zero-order chi connectivity index (χ0) is 41.8. The third kappa shape index (κ3) is 28.9. The van der Waals surface area contributed by atoms with E-state index in [4.69, 9.17) is 18.9 Å². The minimum absolute atomic E-state index is 0.187. The molecule has 0 radical (unpaired) electrons. The van der Waals surface area contributed by atoms with Gasteiger partial charge in [0.25, 0.3) is 0 Å². The number of carbonyl (C=O) groups excluding carboxylic acids is 2. The van der Waals surface area contributed by atoms with Crippen LogP contribution in [0.3, 0.4) is 0 Å². The van der Waals surface area contributed by atoms with Crippen molar-refractivity contribution in [2.24, 2.45) is 0 Å². The molecule has 0 saturated carbocycles. The fraction of sp³-hybridized carbons (Fsp3) is 0.891. The van der Waals surface area contributed by atoms with E-state index in [0.29, 0.717) is 12.8 Å². The molecular weight excluding hydrogens is 728 g/mol. The monoisotopic (exact) mass is 813 g/mol. The summed E-state index contributed by atoms with van der Waals surface area (Å²) in [5.41, 5.74) is 0. The first kappa shape index (κ1) is 53.0. The number of esters is 2. The third-order valence-corrected chi connectivity index (χ3v) is 10.9. The molecule has 0 aromatic carbocycles. The normalized spacial score (nSPS) is 20.2. The molecule has 1 rings (SSSR count). The summed E-state index contributed by atoms with van der Waals surface area (Å²) in [5, 5.41) is 39.8. The number of unbranched alkanes of at least 4 members (excludes halogenated alkanes) is 26. The smallest absolute Gasteiger partial charge is 0.335 e. The molecule has 0 amide bonds. The van der Waals surface area contributed by atoms with Crippen LogP contribution in [0.5, 0.6) is 0 Å². The second-order valence-electron chi connectivity index (χ2n) is 16.3. The van der Waals surface area contributed by atoms with E-state index < -0.39 is 54.7 Å². The second-order valence-corrected chi connectivity index (χ2v) is 16.3. The lowest BCUT2D eigenvalue weighted by molar-refractivity contribution is -0.298. The van der Waals surface area contributed by atoms with Gasteiger partial charge in [-0.2, -0.15) is 0 Å². The Kier molecular flexibility index (Phi) is 34.4. The summed E-state index contributed by atoms with van der Waals surface area (Å²) in [7, 11) is 0. The maximum atomic E-state index is 12.8. The Labute approximate surface area is 346 Å². The first-order valence-corrected chi connectivity index (χ1v) is 23.2. The Balaban J connectivity index is 2.34. The fourth-order valence-corrected chi connectivity index (χ4v) is 7.17. The van der Waals surface area contributed by atoms with Gasteiger partial charge in [-0.1, -0.05) is 174 Å². The second kappa shape index (κ2) is 37.0. The predicted molar refractivity (Wildman–Crippen MR) is 225 cm³/mol. The maximum Gasteiger partial charge on any atom is 0.335 e. The maximum absolute atomic E-state index is 12.8. The van der Waals surface area contributed by atoms with E-state index in [0.717, 1.165) is 57.8 Å². The number of aliphatic hydroxyl groups excluding tert-OH is 3. The molecule has 11 heteroatoms. The highest BCUT2D eigenvalue weighted by molar-refractivity contribution is 5.73. The van der Waals surface area contributed by atoms with Crippen molar-refractivity contribution in [3.8, 4) is 0 Å². The van der Waals surface area contributed by atoms with Gasteiger partial charge in [-0.05, 0) is 38.5 Å². The van der Waals surface area contributed by atoms with Crippen LogP contribution in [0, 0.1) is 0 Å². The molecule has 1 fully saturated rings. The molecule has 4 N–H and O–H groups in total. The molecular formula is C46H84O11. The number of hydrogen-bond acceptors (Lipinski definition) is 10. The van der Waals surface area contributed by atoms with Gasteiger partial charge in [-0.15, -0.1) is 0 Å². The van der Waals surface area contributed by atoms with E-state index >= 15 is 0 Å². The van der Waals surface area contributed by atoms with Crippen LogP contribution in [0.25, 0.3) is 0 Å². The molecule has 334 valence electrons. The molecule has 1 aliphatic heterocycles. The van der Waals surface area contributed by atoms with Crippen LogP contribution < -0.4 is 0 Å². The molecule has 0 spiro atoms. The molecule has 11 nitrogen and oxygen atoms in total. The van der Waals surface area contributed by atoms with E-state index in [1.165, 1.54) is 116 Å². The molecule has 1 heterocycles. The SMILES string of the molecule is CCCCCC/C=C\CCCCCCCC(=O)OCC(COC1OC(C(=O)O)C(O)C(O)C1O)OC(=O)CCCCCCCCCCCCCCCCCCCC. The van der Waals surface area contributed by atoms with Gasteiger partial charge in [0.1, 0.15) is 24.9 Å². The minimum Gasteiger partial charge on any atom is -0.479 e. The number of aliphatic hydroxyl groups is 3. The number of carboxylic acid groups (broad SMARTS) is 1. The summed E-state index contributed by atoms with van der Waals surface area (Å²) in [6.45, 7) is 3.81. The van der Waals surface area contributed by atoms with Crippen molar-refractivity contribution < 1.29 is 53.8 Å². The molecule has 6 unspecified atom stereocenters. The molecule has 0 bridgehead atoms. The van der Waals surface area contributed by atoms with E-state index in [1.54, 1.807) is 0 Å². The van der Waals surface area contributed by atoms with Gasteiger partial charge >= 0.3 is 17.9 Å².